The summed E-state index contributed by atoms with van der Waals surface area (Å²) in [7, 11) is 0. The van der Waals surface area contributed by atoms with Crippen molar-refractivity contribution >= 4 is 17.8 Å². The number of nitrogens with one attached hydrogen (secondary N) is 1. The summed E-state index contributed by atoms with van der Waals surface area (Å²) in [5, 5.41) is 3.20. The van der Waals surface area contributed by atoms with Crippen molar-refractivity contribution in [1.29, 1.82) is 0 Å². The molecule has 1 heterocycles. The van der Waals surface area contributed by atoms with E-state index in [9.17, 15) is 14.4 Å². The van der Waals surface area contributed by atoms with Crippen molar-refractivity contribution in [1.82, 2.24) is 10.2 Å². The number of hydrogen-bond acceptors (Lipinski definition) is 6. The van der Waals surface area contributed by atoms with E-state index in [-0.39, 0.29) is 42.5 Å². The first-order valence-electron chi connectivity index (χ1n) is 12.5. The smallest absolute Gasteiger partial charge is 0.329 e. The molecule has 186 valence electrons. The summed E-state index contributed by atoms with van der Waals surface area (Å²) in [6.45, 7) is 7.62. The van der Waals surface area contributed by atoms with E-state index >= 15 is 0 Å². The molecular weight excluding hydrogens is 432 g/mol. The highest BCUT2D eigenvalue weighted by atomic mass is 16.5. The lowest BCUT2D eigenvalue weighted by Crippen LogP contribution is -2.55. The average molecular weight is 471 g/mol. The van der Waals surface area contributed by atoms with E-state index in [1.165, 1.54) is 0 Å². The number of nitrogens with zero attached hydrogens (tertiary/aromatic N) is 1. The van der Waals surface area contributed by atoms with Crippen molar-refractivity contribution < 1.29 is 23.9 Å². The van der Waals surface area contributed by atoms with Gasteiger partial charge in [-0.15, -0.1) is 0 Å². The van der Waals surface area contributed by atoms with Crippen LogP contribution >= 0.6 is 0 Å². The zero-order valence-corrected chi connectivity index (χ0v) is 20.7. The van der Waals surface area contributed by atoms with Crippen LogP contribution in [-0.4, -0.2) is 59.6 Å². The number of allylic oxidation sites excluding steroid dienone is 1. The van der Waals surface area contributed by atoms with Crippen molar-refractivity contribution in [2.24, 2.45) is 5.92 Å². The number of aryl methyl sites for hydroxylation is 1. The number of rotatable bonds is 11. The van der Waals surface area contributed by atoms with Crippen LogP contribution in [0, 0.1) is 5.92 Å². The van der Waals surface area contributed by atoms with Crippen LogP contribution in [0.4, 0.5) is 0 Å². The Hall–Kier alpha value is -2.67. The van der Waals surface area contributed by atoms with Crippen LogP contribution in [0.25, 0.3) is 0 Å². The highest BCUT2D eigenvalue weighted by Gasteiger charge is 2.49. The van der Waals surface area contributed by atoms with Gasteiger partial charge in [-0.25, -0.2) is 4.79 Å². The fourth-order valence-electron chi connectivity index (χ4n) is 4.79. The molecule has 1 aromatic rings. The fourth-order valence-corrected chi connectivity index (χ4v) is 4.79. The largest absolute Gasteiger partial charge is 0.465 e. The summed E-state index contributed by atoms with van der Waals surface area (Å²) in [6, 6.07) is 7.92. The molecule has 1 N–H and O–H groups in total. The molecule has 1 saturated heterocycles. The fraction of sp³-hybridized carbons (Fsp3) is 0.593. The first-order chi connectivity index (χ1) is 16.3. The number of likely N-dealkylation sites (tertiary alicyclic amines) is 1. The number of hydrogen-bond donors (Lipinski definition) is 1. The number of benzene rings is 1. The second-order valence-corrected chi connectivity index (χ2v) is 9.28. The predicted molar refractivity (Wildman–Crippen MR) is 130 cm³/mol. The van der Waals surface area contributed by atoms with Gasteiger partial charge in [0, 0.05) is 0 Å². The zero-order chi connectivity index (χ0) is 24.7. The normalized spacial score (nSPS) is 23.8. The Balaban J connectivity index is 1.71. The van der Waals surface area contributed by atoms with Gasteiger partial charge in [-0.1, -0.05) is 49.4 Å². The first kappa shape index (κ1) is 25.9. The standard InChI is InChI=1S/C27H38N2O5/c1-5-18(3)34-27(32)24-17-21-13-10-14-23(21)29(24)25(30)19(4)28-22(26(31)33-6-2)16-15-20-11-8-7-9-12-20/h7-12,14,18-19,21-24,28H,5-6,13,15-17H2,1-4H3/t18?,19-,21+,22-,23-,24-/m0/s1. The second kappa shape index (κ2) is 12.2. The van der Waals surface area contributed by atoms with E-state index < -0.39 is 18.1 Å². The lowest BCUT2D eigenvalue weighted by molar-refractivity contribution is -0.159. The molecule has 7 nitrogen and oxygen atoms in total. The minimum atomic E-state index is -0.656. The number of ether oxygens (including phenoxy) is 2. The van der Waals surface area contributed by atoms with Crippen LogP contribution in [0.3, 0.4) is 0 Å². The maximum atomic E-state index is 13.6. The maximum Gasteiger partial charge on any atom is 0.329 e. The molecule has 34 heavy (non-hydrogen) atoms. The predicted octanol–water partition coefficient (Wildman–Crippen LogP) is 3.42. The Bertz CT molecular complexity index is 871. The van der Waals surface area contributed by atoms with Gasteiger partial charge in [-0.2, -0.15) is 0 Å². The van der Waals surface area contributed by atoms with Crippen molar-refractivity contribution in [3.05, 3.63) is 48.0 Å². The third-order valence-electron chi connectivity index (χ3n) is 6.81. The summed E-state index contributed by atoms with van der Waals surface area (Å²) in [5.74, 6) is -0.682. The molecule has 1 amide bonds. The summed E-state index contributed by atoms with van der Waals surface area (Å²) < 4.78 is 10.9. The Morgan fingerprint density at radius 1 is 1.15 bits per heavy atom. The van der Waals surface area contributed by atoms with E-state index in [4.69, 9.17) is 9.47 Å². The third-order valence-corrected chi connectivity index (χ3v) is 6.81. The summed E-state index contributed by atoms with van der Waals surface area (Å²) >= 11 is 0. The van der Waals surface area contributed by atoms with E-state index in [1.54, 1.807) is 18.7 Å². The molecule has 1 fully saturated rings. The van der Waals surface area contributed by atoms with Crippen LogP contribution in [0.1, 0.15) is 58.9 Å². The molecule has 7 heteroatoms. The Morgan fingerprint density at radius 2 is 1.88 bits per heavy atom. The van der Waals surface area contributed by atoms with Gasteiger partial charge < -0.3 is 14.4 Å². The molecule has 1 unspecified atom stereocenters. The number of carbonyl (C=O) groups excluding carboxylic acids is 3. The van der Waals surface area contributed by atoms with Crippen LogP contribution < -0.4 is 5.32 Å². The molecule has 0 radical (unpaired) electrons. The topological polar surface area (TPSA) is 84.9 Å². The Kier molecular flexibility index (Phi) is 9.28. The van der Waals surface area contributed by atoms with Gasteiger partial charge in [0.25, 0.3) is 0 Å². The van der Waals surface area contributed by atoms with Gasteiger partial charge in [0.05, 0.1) is 24.8 Å². The van der Waals surface area contributed by atoms with Gasteiger partial charge in [0.2, 0.25) is 5.91 Å². The SMILES string of the molecule is CCOC(=O)[C@H](CCc1ccccc1)N[C@@H](C)C(=O)N1[C@H](C(=O)OC(C)CC)C[C@H]2CC=C[C@@H]21. The minimum Gasteiger partial charge on any atom is -0.465 e. The molecule has 0 spiro atoms. The molecule has 1 aromatic carbocycles. The molecular formula is C27H38N2O5. The molecule has 0 saturated carbocycles. The van der Waals surface area contributed by atoms with Crippen LogP contribution in [0.2, 0.25) is 0 Å². The van der Waals surface area contributed by atoms with Crippen molar-refractivity contribution in [3.63, 3.8) is 0 Å². The quantitative estimate of drug-likeness (QED) is 0.394. The highest BCUT2D eigenvalue weighted by Crippen LogP contribution is 2.38. The lowest BCUT2D eigenvalue weighted by Gasteiger charge is -2.32. The molecule has 1 aliphatic heterocycles. The van der Waals surface area contributed by atoms with Crippen LogP contribution in [-0.2, 0) is 30.3 Å². The number of esters is 2. The van der Waals surface area contributed by atoms with Gasteiger partial charge in [-0.05, 0) is 64.4 Å². The molecule has 0 bridgehead atoms. The van der Waals surface area contributed by atoms with Gasteiger partial charge in [-0.3, -0.25) is 14.9 Å². The third kappa shape index (κ3) is 6.26. The maximum absolute atomic E-state index is 13.6. The number of fused-ring (bicyclic) bond motifs is 1. The van der Waals surface area contributed by atoms with E-state index in [2.05, 4.69) is 11.4 Å². The summed E-state index contributed by atoms with van der Waals surface area (Å²) in [4.78, 5) is 40.9. The second-order valence-electron chi connectivity index (χ2n) is 9.28. The van der Waals surface area contributed by atoms with Crippen LogP contribution in [0.15, 0.2) is 42.5 Å². The van der Waals surface area contributed by atoms with Crippen molar-refractivity contribution in [2.45, 2.75) is 90.1 Å². The molecule has 1 aliphatic carbocycles. The zero-order valence-electron chi connectivity index (χ0n) is 20.7. The van der Waals surface area contributed by atoms with Gasteiger partial charge >= 0.3 is 11.9 Å². The van der Waals surface area contributed by atoms with Gasteiger partial charge in [0.15, 0.2) is 0 Å². The minimum absolute atomic E-state index is 0.114. The van der Waals surface area contributed by atoms with E-state index in [0.29, 0.717) is 19.3 Å². The Labute approximate surface area is 202 Å². The highest BCUT2D eigenvalue weighted by molar-refractivity contribution is 5.89. The molecule has 0 aromatic heterocycles. The lowest BCUT2D eigenvalue weighted by atomic mass is 10.0. The molecule has 6 atom stereocenters. The summed E-state index contributed by atoms with van der Waals surface area (Å²) in [5.41, 5.74) is 1.11. The van der Waals surface area contributed by atoms with E-state index in [1.807, 2.05) is 50.3 Å². The molecule has 2 aliphatic rings. The average Bonchev–Trinajstić information content (AvgIpc) is 3.43. The van der Waals surface area contributed by atoms with Crippen molar-refractivity contribution in [3.8, 4) is 0 Å². The number of amides is 1. The van der Waals surface area contributed by atoms with Crippen LogP contribution in [0.5, 0.6) is 0 Å². The summed E-state index contributed by atoms with van der Waals surface area (Å²) in [6.07, 6.45) is 7.26. The monoisotopic (exact) mass is 470 g/mol. The number of carbonyl (C=O) groups is 3. The Morgan fingerprint density at radius 3 is 2.56 bits per heavy atom. The van der Waals surface area contributed by atoms with E-state index in [0.717, 1.165) is 18.4 Å². The van der Waals surface area contributed by atoms with Gasteiger partial charge in [0.1, 0.15) is 12.1 Å². The first-order valence-corrected chi connectivity index (χ1v) is 12.5. The van der Waals surface area contributed by atoms with Crippen molar-refractivity contribution in [2.75, 3.05) is 6.61 Å². The molecule has 3 rings (SSSR count).